The lowest BCUT2D eigenvalue weighted by molar-refractivity contribution is -0.117. The number of pyridine rings is 1. The second-order valence-electron chi connectivity index (χ2n) is 8.13. The van der Waals surface area contributed by atoms with E-state index >= 15 is 0 Å². The summed E-state index contributed by atoms with van der Waals surface area (Å²) in [6.07, 6.45) is 7.34. The van der Waals surface area contributed by atoms with E-state index in [0.717, 1.165) is 42.9 Å². The molecule has 1 aromatic heterocycles. The molecular weight excluding hydrogens is 378 g/mol. The molecule has 2 fully saturated rings. The van der Waals surface area contributed by atoms with Crippen molar-refractivity contribution in [1.82, 2.24) is 10.3 Å². The van der Waals surface area contributed by atoms with Crippen molar-refractivity contribution in [3.63, 3.8) is 0 Å². The minimum atomic E-state index is -0.280. The number of urea groups is 1. The number of carbonyl (C=O) groups excluding carboxylic acids is 2. The fourth-order valence-electron chi connectivity index (χ4n) is 3.72. The van der Waals surface area contributed by atoms with Gasteiger partial charge < -0.3 is 20.9 Å². The first-order valence-corrected chi connectivity index (χ1v) is 10.8. The van der Waals surface area contributed by atoms with E-state index in [1.54, 1.807) is 12.3 Å². The van der Waals surface area contributed by atoms with Gasteiger partial charge in [-0.25, -0.2) is 9.78 Å². The van der Waals surface area contributed by atoms with Crippen molar-refractivity contribution in [1.29, 1.82) is 0 Å². The van der Waals surface area contributed by atoms with E-state index in [2.05, 4.69) is 25.8 Å². The minimum Gasteiger partial charge on any atom is -0.356 e. The number of amides is 3. The zero-order valence-electron chi connectivity index (χ0n) is 17.4. The topological polar surface area (TPSA) is 86.4 Å². The molecule has 1 saturated heterocycles. The lowest BCUT2D eigenvalue weighted by atomic mass is 10.1. The Kier molecular flexibility index (Phi) is 6.16. The van der Waals surface area contributed by atoms with Crippen molar-refractivity contribution in [3.8, 4) is 0 Å². The molecule has 0 spiro atoms. The zero-order chi connectivity index (χ0) is 20.9. The second-order valence-corrected chi connectivity index (χ2v) is 8.13. The summed E-state index contributed by atoms with van der Waals surface area (Å²) in [6.45, 7) is 4.35. The minimum absolute atomic E-state index is 0.0519. The van der Waals surface area contributed by atoms with Gasteiger partial charge in [-0.3, -0.25) is 4.79 Å². The Bertz CT molecular complexity index is 920. The molecule has 1 aromatic carbocycles. The quantitative estimate of drug-likeness (QED) is 0.674. The summed E-state index contributed by atoms with van der Waals surface area (Å²) in [5, 5.41) is 8.76. The Morgan fingerprint density at radius 2 is 1.90 bits per heavy atom. The van der Waals surface area contributed by atoms with E-state index in [9.17, 15) is 9.59 Å². The summed E-state index contributed by atoms with van der Waals surface area (Å²) in [6, 6.07) is 9.19. The Balaban J connectivity index is 1.36. The van der Waals surface area contributed by atoms with E-state index in [-0.39, 0.29) is 17.9 Å². The molecule has 3 N–H and O–H groups in total. The zero-order valence-corrected chi connectivity index (χ0v) is 17.4. The normalized spacial score (nSPS) is 16.1. The van der Waals surface area contributed by atoms with Crippen LogP contribution in [0, 0.1) is 12.8 Å². The number of carbonyl (C=O) groups is 2. The van der Waals surface area contributed by atoms with Crippen molar-refractivity contribution in [2.75, 3.05) is 28.6 Å². The van der Waals surface area contributed by atoms with Gasteiger partial charge in [0.15, 0.2) is 0 Å². The first kappa shape index (κ1) is 20.2. The monoisotopic (exact) mass is 407 g/mol. The molecule has 7 heteroatoms. The molecule has 1 aliphatic carbocycles. The van der Waals surface area contributed by atoms with E-state index in [1.807, 2.05) is 31.2 Å². The standard InChI is InChI=1S/C23H29N5O2/c1-16-7-10-19(26-22(29)17-8-9-17)14-20(16)27-23(30)25-15-18-6-5-11-24-21(18)28-12-3-2-4-13-28/h5-7,10-11,14,17H,2-4,8-9,12-13,15H2,1H3,(H,26,29)(H2,25,27,30). The number of hydrogen-bond donors (Lipinski definition) is 3. The van der Waals surface area contributed by atoms with Crippen LogP contribution in [-0.4, -0.2) is 30.0 Å². The van der Waals surface area contributed by atoms with Crippen LogP contribution in [0.3, 0.4) is 0 Å². The molecule has 2 heterocycles. The summed E-state index contributed by atoms with van der Waals surface area (Å²) >= 11 is 0. The van der Waals surface area contributed by atoms with Crippen molar-refractivity contribution in [2.45, 2.75) is 45.6 Å². The lowest BCUT2D eigenvalue weighted by Gasteiger charge is -2.29. The van der Waals surface area contributed by atoms with Crippen molar-refractivity contribution in [3.05, 3.63) is 47.7 Å². The lowest BCUT2D eigenvalue weighted by Crippen LogP contribution is -2.33. The summed E-state index contributed by atoms with van der Waals surface area (Å²) in [5.74, 6) is 1.15. The summed E-state index contributed by atoms with van der Waals surface area (Å²) in [4.78, 5) is 31.4. The molecule has 3 amide bonds. The number of anilines is 3. The number of benzene rings is 1. The predicted molar refractivity (Wildman–Crippen MR) is 119 cm³/mol. The van der Waals surface area contributed by atoms with E-state index in [0.29, 0.717) is 17.9 Å². The molecule has 2 aromatic rings. The molecule has 1 aliphatic heterocycles. The molecule has 158 valence electrons. The third-order valence-corrected chi connectivity index (χ3v) is 5.66. The van der Waals surface area contributed by atoms with Crippen LogP contribution < -0.4 is 20.9 Å². The molecule has 0 unspecified atom stereocenters. The Morgan fingerprint density at radius 3 is 2.67 bits per heavy atom. The maximum Gasteiger partial charge on any atom is 0.319 e. The number of nitrogens with one attached hydrogen (secondary N) is 3. The first-order valence-electron chi connectivity index (χ1n) is 10.8. The van der Waals surface area contributed by atoms with Crippen molar-refractivity contribution in [2.24, 2.45) is 5.92 Å². The molecule has 0 atom stereocenters. The summed E-state index contributed by atoms with van der Waals surface area (Å²) < 4.78 is 0. The second kappa shape index (κ2) is 9.15. The molecule has 0 bridgehead atoms. The highest BCUT2D eigenvalue weighted by molar-refractivity contribution is 5.96. The highest BCUT2D eigenvalue weighted by atomic mass is 16.2. The van der Waals surface area contributed by atoms with Gasteiger partial charge in [-0.1, -0.05) is 12.1 Å². The fourth-order valence-corrected chi connectivity index (χ4v) is 3.72. The molecule has 4 rings (SSSR count). The van der Waals surface area contributed by atoms with Crippen LogP contribution in [0.2, 0.25) is 0 Å². The SMILES string of the molecule is Cc1ccc(NC(=O)C2CC2)cc1NC(=O)NCc1cccnc1N1CCCCC1. The average molecular weight is 408 g/mol. The van der Waals surface area contributed by atoms with E-state index in [4.69, 9.17) is 0 Å². The fraction of sp³-hybridized carbons (Fsp3) is 0.435. The van der Waals surface area contributed by atoms with Crippen LogP contribution in [0.5, 0.6) is 0 Å². The smallest absolute Gasteiger partial charge is 0.319 e. The van der Waals surface area contributed by atoms with Gasteiger partial charge >= 0.3 is 6.03 Å². The van der Waals surface area contributed by atoms with E-state index in [1.165, 1.54) is 19.3 Å². The van der Waals surface area contributed by atoms with Gasteiger partial charge in [-0.05, 0) is 62.8 Å². The maximum atomic E-state index is 12.5. The number of hydrogen-bond acceptors (Lipinski definition) is 4. The Hall–Kier alpha value is -3.09. The molecule has 1 saturated carbocycles. The van der Waals surface area contributed by atoms with Gasteiger partial charge in [0, 0.05) is 48.7 Å². The molecule has 30 heavy (non-hydrogen) atoms. The third kappa shape index (κ3) is 5.09. The molecular formula is C23H29N5O2. The molecule has 2 aliphatic rings. The summed E-state index contributed by atoms with van der Waals surface area (Å²) in [5.41, 5.74) is 3.33. The van der Waals surface area contributed by atoms with Gasteiger partial charge in [0.05, 0.1) is 0 Å². The predicted octanol–water partition coefficient (Wildman–Crippen LogP) is 4.05. The number of aryl methyl sites for hydroxylation is 1. The number of nitrogens with zero attached hydrogens (tertiary/aromatic N) is 2. The van der Waals surface area contributed by atoms with Gasteiger partial charge in [0.2, 0.25) is 5.91 Å². The summed E-state index contributed by atoms with van der Waals surface area (Å²) in [7, 11) is 0. The van der Waals surface area contributed by atoms with Crippen LogP contribution >= 0.6 is 0 Å². The van der Waals surface area contributed by atoms with Crippen LogP contribution in [0.25, 0.3) is 0 Å². The molecule has 7 nitrogen and oxygen atoms in total. The third-order valence-electron chi connectivity index (χ3n) is 5.66. The van der Waals surface area contributed by atoms with Gasteiger partial charge in [-0.2, -0.15) is 0 Å². The number of rotatable bonds is 6. The average Bonchev–Trinajstić information content (AvgIpc) is 3.61. The maximum absolute atomic E-state index is 12.5. The molecule has 0 radical (unpaired) electrons. The highest BCUT2D eigenvalue weighted by Gasteiger charge is 2.29. The van der Waals surface area contributed by atoms with E-state index < -0.39 is 0 Å². The van der Waals surface area contributed by atoms with Crippen LogP contribution in [0.15, 0.2) is 36.5 Å². The van der Waals surface area contributed by atoms with Gasteiger partial charge in [-0.15, -0.1) is 0 Å². The number of piperidine rings is 1. The van der Waals surface area contributed by atoms with Crippen LogP contribution in [-0.2, 0) is 11.3 Å². The Labute approximate surface area is 177 Å². The van der Waals surface area contributed by atoms with Crippen molar-refractivity contribution < 1.29 is 9.59 Å². The Morgan fingerprint density at radius 1 is 1.10 bits per heavy atom. The van der Waals surface area contributed by atoms with Crippen molar-refractivity contribution >= 4 is 29.1 Å². The largest absolute Gasteiger partial charge is 0.356 e. The highest BCUT2D eigenvalue weighted by Crippen LogP contribution is 2.31. The van der Waals surface area contributed by atoms with Gasteiger partial charge in [0.25, 0.3) is 0 Å². The first-order chi connectivity index (χ1) is 14.6. The van der Waals surface area contributed by atoms with Crippen LogP contribution in [0.4, 0.5) is 22.0 Å². The van der Waals surface area contributed by atoms with Gasteiger partial charge in [0.1, 0.15) is 5.82 Å². The number of aromatic nitrogens is 1. The van der Waals surface area contributed by atoms with Crippen LogP contribution in [0.1, 0.15) is 43.2 Å².